The number of anilines is 1. The molecule has 2 N–H and O–H groups in total. The van der Waals surface area contributed by atoms with E-state index in [1.807, 2.05) is 6.07 Å². The van der Waals surface area contributed by atoms with Crippen LogP contribution in [0, 0.1) is 0 Å². The molecule has 5 nitrogen and oxygen atoms in total. The van der Waals surface area contributed by atoms with E-state index < -0.39 is 17.9 Å². The first-order valence-corrected chi connectivity index (χ1v) is 9.07. The molecule has 0 bridgehead atoms. The summed E-state index contributed by atoms with van der Waals surface area (Å²) in [6.07, 6.45) is 3.47. The summed E-state index contributed by atoms with van der Waals surface area (Å²) in [7, 11) is 0. The number of hydrogen-bond acceptors (Lipinski definition) is 3. The van der Waals surface area contributed by atoms with Gasteiger partial charge in [0.25, 0.3) is 5.91 Å². The van der Waals surface area contributed by atoms with E-state index in [4.69, 9.17) is 11.6 Å². The smallest absolute Gasteiger partial charge is 0.330 e. The fourth-order valence-electron chi connectivity index (χ4n) is 3.18. The van der Waals surface area contributed by atoms with Crippen molar-refractivity contribution < 1.29 is 14.7 Å². The number of carbonyl (C=O) groups excluding carboxylic acids is 1. The lowest BCUT2D eigenvalue weighted by molar-refractivity contribution is -0.139. The van der Waals surface area contributed by atoms with Gasteiger partial charge in [0, 0.05) is 18.8 Å². The van der Waals surface area contributed by atoms with Gasteiger partial charge in [-0.1, -0.05) is 41.9 Å². The Hall–Kier alpha value is -2.53. The quantitative estimate of drug-likeness (QED) is 0.835. The zero-order chi connectivity index (χ0) is 18.5. The third kappa shape index (κ3) is 4.17. The van der Waals surface area contributed by atoms with Crippen molar-refractivity contribution in [3.05, 3.63) is 64.7 Å². The van der Waals surface area contributed by atoms with E-state index in [1.54, 1.807) is 42.5 Å². The SMILES string of the molecule is O=C(N[C@H](C(=O)O)c1ccccc1)c1cc(N2CCCCC2)ccc1Cl. The van der Waals surface area contributed by atoms with E-state index in [9.17, 15) is 14.7 Å². The molecular weight excluding hydrogens is 352 g/mol. The average Bonchev–Trinajstić information content (AvgIpc) is 2.67. The lowest BCUT2D eigenvalue weighted by Gasteiger charge is -2.29. The number of halogens is 1. The summed E-state index contributed by atoms with van der Waals surface area (Å²) in [6.45, 7) is 1.90. The third-order valence-corrected chi connectivity index (χ3v) is 4.90. The van der Waals surface area contributed by atoms with Gasteiger partial charge < -0.3 is 15.3 Å². The second-order valence-corrected chi connectivity index (χ2v) is 6.77. The predicted molar refractivity (Wildman–Crippen MR) is 102 cm³/mol. The van der Waals surface area contributed by atoms with Gasteiger partial charge in [-0.2, -0.15) is 0 Å². The Labute approximate surface area is 157 Å². The Bertz CT molecular complexity index is 789. The standard InChI is InChI=1S/C20H21ClN2O3/c21-17-10-9-15(23-11-5-2-6-12-23)13-16(17)19(24)22-18(20(25)26)14-7-3-1-4-8-14/h1,3-4,7-10,13,18H,2,5-6,11-12H2,(H,22,24)(H,25,26)/t18-/m0/s1. The van der Waals surface area contributed by atoms with Crippen LogP contribution in [0.4, 0.5) is 5.69 Å². The minimum absolute atomic E-state index is 0.289. The third-order valence-electron chi connectivity index (χ3n) is 4.57. The molecule has 1 amide bonds. The van der Waals surface area contributed by atoms with Gasteiger partial charge in [-0.25, -0.2) is 4.79 Å². The number of carboxylic acid groups (broad SMARTS) is 1. The van der Waals surface area contributed by atoms with E-state index in [1.165, 1.54) is 6.42 Å². The number of amides is 1. The van der Waals surface area contributed by atoms with Gasteiger partial charge in [-0.05, 0) is 43.0 Å². The van der Waals surface area contributed by atoms with Crippen LogP contribution in [-0.4, -0.2) is 30.1 Å². The van der Waals surface area contributed by atoms with E-state index >= 15 is 0 Å². The minimum atomic E-state index is -1.13. The Kier molecular flexibility index (Phi) is 5.78. The summed E-state index contributed by atoms with van der Waals surface area (Å²) in [5, 5.41) is 12.4. The maximum absolute atomic E-state index is 12.7. The highest BCUT2D eigenvalue weighted by molar-refractivity contribution is 6.34. The Balaban J connectivity index is 1.83. The van der Waals surface area contributed by atoms with Crippen molar-refractivity contribution in [1.82, 2.24) is 5.32 Å². The maximum atomic E-state index is 12.7. The molecule has 0 radical (unpaired) electrons. The summed E-state index contributed by atoms with van der Waals surface area (Å²) >= 11 is 6.21. The number of piperidine rings is 1. The summed E-state index contributed by atoms with van der Waals surface area (Å²) in [5.74, 6) is -1.61. The summed E-state index contributed by atoms with van der Waals surface area (Å²) < 4.78 is 0. The highest BCUT2D eigenvalue weighted by Gasteiger charge is 2.24. The van der Waals surface area contributed by atoms with Gasteiger partial charge in [0.2, 0.25) is 0 Å². The van der Waals surface area contributed by atoms with Gasteiger partial charge in [-0.3, -0.25) is 4.79 Å². The molecule has 2 aromatic rings. The lowest BCUT2D eigenvalue weighted by atomic mass is 10.1. The Morgan fingerprint density at radius 2 is 1.73 bits per heavy atom. The van der Waals surface area contributed by atoms with Crippen molar-refractivity contribution in [2.75, 3.05) is 18.0 Å². The molecule has 1 aliphatic heterocycles. The van der Waals surface area contributed by atoms with E-state index in [0.29, 0.717) is 10.6 Å². The number of carboxylic acids is 1. The summed E-state index contributed by atoms with van der Waals surface area (Å²) in [6, 6.07) is 12.8. The molecule has 0 aliphatic carbocycles. The number of aliphatic carboxylic acids is 1. The van der Waals surface area contributed by atoms with Crippen LogP contribution in [0.15, 0.2) is 48.5 Å². The first-order chi connectivity index (χ1) is 12.6. The van der Waals surface area contributed by atoms with Crippen LogP contribution >= 0.6 is 11.6 Å². The maximum Gasteiger partial charge on any atom is 0.330 e. The lowest BCUT2D eigenvalue weighted by Crippen LogP contribution is -2.34. The van der Waals surface area contributed by atoms with E-state index in [2.05, 4.69) is 10.2 Å². The number of hydrogen-bond donors (Lipinski definition) is 2. The fraction of sp³-hybridized carbons (Fsp3) is 0.300. The van der Waals surface area contributed by atoms with E-state index in [-0.39, 0.29) is 5.56 Å². The van der Waals surface area contributed by atoms with Crippen LogP contribution in [0.5, 0.6) is 0 Å². The number of rotatable bonds is 5. The molecule has 1 heterocycles. The van der Waals surface area contributed by atoms with Crippen LogP contribution in [0.3, 0.4) is 0 Å². The van der Waals surface area contributed by atoms with Crippen molar-refractivity contribution in [3.63, 3.8) is 0 Å². The molecule has 3 rings (SSSR count). The molecule has 1 atom stereocenters. The van der Waals surface area contributed by atoms with Crippen molar-refractivity contribution in [1.29, 1.82) is 0 Å². The van der Waals surface area contributed by atoms with Crippen molar-refractivity contribution in [3.8, 4) is 0 Å². The van der Waals surface area contributed by atoms with Gasteiger partial charge in [0.1, 0.15) is 0 Å². The topological polar surface area (TPSA) is 69.6 Å². The van der Waals surface area contributed by atoms with Gasteiger partial charge in [0.05, 0.1) is 10.6 Å². The number of nitrogens with zero attached hydrogens (tertiary/aromatic N) is 1. The highest BCUT2D eigenvalue weighted by atomic mass is 35.5. The number of benzene rings is 2. The molecule has 0 unspecified atom stereocenters. The van der Waals surface area contributed by atoms with Crippen LogP contribution in [0.2, 0.25) is 5.02 Å². The van der Waals surface area contributed by atoms with Crippen LogP contribution < -0.4 is 10.2 Å². The van der Waals surface area contributed by atoms with Crippen LogP contribution in [0.25, 0.3) is 0 Å². The molecule has 1 aliphatic rings. The molecule has 1 saturated heterocycles. The monoisotopic (exact) mass is 372 g/mol. The van der Waals surface area contributed by atoms with Gasteiger partial charge >= 0.3 is 5.97 Å². The summed E-state index contributed by atoms with van der Waals surface area (Å²) in [4.78, 5) is 26.5. The first-order valence-electron chi connectivity index (χ1n) is 8.69. The molecular formula is C20H21ClN2O3. The predicted octanol–water partition coefficient (Wildman–Crippen LogP) is 3.89. The largest absolute Gasteiger partial charge is 0.479 e. The molecule has 26 heavy (non-hydrogen) atoms. The van der Waals surface area contributed by atoms with Gasteiger partial charge in [0.15, 0.2) is 6.04 Å². The molecule has 0 saturated carbocycles. The molecule has 2 aromatic carbocycles. The number of carbonyl (C=O) groups is 2. The minimum Gasteiger partial charge on any atom is -0.479 e. The zero-order valence-corrected chi connectivity index (χ0v) is 15.1. The van der Waals surface area contributed by atoms with Crippen molar-refractivity contribution in [2.24, 2.45) is 0 Å². The normalized spacial score (nSPS) is 15.3. The average molecular weight is 373 g/mol. The fourth-order valence-corrected chi connectivity index (χ4v) is 3.38. The Morgan fingerprint density at radius 3 is 2.38 bits per heavy atom. The summed E-state index contributed by atoms with van der Waals surface area (Å²) in [5.41, 5.74) is 1.74. The van der Waals surface area contributed by atoms with Gasteiger partial charge in [-0.15, -0.1) is 0 Å². The second kappa shape index (κ2) is 8.23. The number of nitrogens with one attached hydrogen (secondary N) is 1. The van der Waals surface area contributed by atoms with Crippen molar-refractivity contribution in [2.45, 2.75) is 25.3 Å². The highest BCUT2D eigenvalue weighted by Crippen LogP contribution is 2.26. The second-order valence-electron chi connectivity index (χ2n) is 6.37. The zero-order valence-electron chi connectivity index (χ0n) is 14.3. The molecule has 1 fully saturated rings. The first kappa shape index (κ1) is 18.3. The van der Waals surface area contributed by atoms with Crippen molar-refractivity contribution >= 4 is 29.2 Å². The molecule has 0 aromatic heterocycles. The molecule has 136 valence electrons. The van der Waals surface area contributed by atoms with Crippen LogP contribution in [0.1, 0.15) is 41.2 Å². The van der Waals surface area contributed by atoms with E-state index in [0.717, 1.165) is 31.6 Å². The molecule has 6 heteroatoms. The Morgan fingerprint density at radius 1 is 1.04 bits per heavy atom. The van der Waals surface area contributed by atoms with Crippen LogP contribution in [-0.2, 0) is 4.79 Å². The molecule has 0 spiro atoms.